The van der Waals surface area contributed by atoms with Gasteiger partial charge in [0.15, 0.2) is 6.04 Å². The predicted molar refractivity (Wildman–Crippen MR) is 88.0 cm³/mol. The van der Waals surface area contributed by atoms with Gasteiger partial charge in [-0.05, 0) is 33.3 Å². The fraction of sp³-hybridized carbons (Fsp3) is 0.529. The molecule has 0 aromatic heterocycles. The van der Waals surface area contributed by atoms with Crippen LogP contribution in [-0.2, 0) is 14.3 Å². The van der Waals surface area contributed by atoms with Gasteiger partial charge in [0.2, 0.25) is 0 Å². The van der Waals surface area contributed by atoms with Crippen molar-refractivity contribution in [1.82, 2.24) is 10.6 Å². The zero-order valence-electron chi connectivity index (χ0n) is 14.4. The van der Waals surface area contributed by atoms with Crippen LogP contribution in [0.2, 0.25) is 0 Å². The molecule has 0 saturated heterocycles. The molecule has 2 amide bonds. The standard InChI is InChI=1S/C17H26N2O4/c1-12(13-9-7-6-8-10-13)18-16(21)19-14(15(20)22-5)11-23-17(2,3)4/h6-10,12,14H,11H2,1-5H3,(H2,18,19,21)/t12-,14+/m1/s1. The van der Waals surface area contributed by atoms with E-state index in [-0.39, 0.29) is 12.6 Å². The Bertz CT molecular complexity index is 511. The van der Waals surface area contributed by atoms with Crippen LogP contribution < -0.4 is 10.6 Å². The SMILES string of the molecule is COC(=O)[C@H](COC(C)(C)C)NC(=O)N[C@H](C)c1ccccc1. The van der Waals surface area contributed by atoms with Gasteiger partial charge in [0.1, 0.15) is 0 Å². The molecule has 1 aromatic carbocycles. The lowest BCUT2D eigenvalue weighted by molar-refractivity contribution is -0.146. The summed E-state index contributed by atoms with van der Waals surface area (Å²) in [7, 11) is 1.28. The summed E-state index contributed by atoms with van der Waals surface area (Å²) < 4.78 is 10.3. The van der Waals surface area contributed by atoms with Gasteiger partial charge in [0, 0.05) is 0 Å². The number of esters is 1. The number of carbonyl (C=O) groups excluding carboxylic acids is 2. The summed E-state index contributed by atoms with van der Waals surface area (Å²) in [6, 6.07) is 8.07. The third kappa shape index (κ3) is 7.15. The Morgan fingerprint density at radius 3 is 2.26 bits per heavy atom. The van der Waals surface area contributed by atoms with Gasteiger partial charge >= 0.3 is 12.0 Å². The van der Waals surface area contributed by atoms with Crippen LogP contribution in [0.1, 0.15) is 39.3 Å². The Balaban J connectivity index is 2.60. The number of benzene rings is 1. The number of hydrogen-bond donors (Lipinski definition) is 2. The number of amides is 2. The number of rotatable bonds is 6. The molecular weight excluding hydrogens is 296 g/mol. The summed E-state index contributed by atoms with van der Waals surface area (Å²) in [6.07, 6.45) is 0. The molecule has 1 rings (SSSR count). The molecule has 0 spiro atoms. The van der Waals surface area contributed by atoms with E-state index in [1.165, 1.54) is 7.11 Å². The zero-order chi connectivity index (χ0) is 17.5. The first-order valence-electron chi connectivity index (χ1n) is 7.56. The van der Waals surface area contributed by atoms with Gasteiger partial charge in [0.25, 0.3) is 0 Å². The number of carbonyl (C=O) groups is 2. The Hall–Kier alpha value is -2.08. The van der Waals surface area contributed by atoms with Crippen LogP contribution in [0.15, 0.2) is 30.3 Å². The fourth-order valence-corrected chi connectivity index (χ4v) is 1.87. The fourth-order valence-electron chi connectivity index (χ4n) is 1.87. The van der Waals surface area contributed by atoms with E-state index in [0.29, 0.717) is 0 Å². The molecule has 128 valence electrons. The molecule has 1 aromatic rings. The van der Waals surface area contributed by atoms with Crippen molar-refractivity contribution in [2.75, 3.05) is 13.7 Å². The molecule has 2 atom stereocenters. The van der Waals surface area contributed by atoms with E-state index in [2.05, 4.69) is 10.6 Å². The van der Waals surface area contributed by atoms with Crippen molar-refractivity contribution < 1.29 is 19.1 Å². The number of urea groups is 1. The van der Waals surface area contributed by atoms with E-state index in [1.54, 1.807) is 0 Å². The number of methoxy groups -OCH3 is 1. The molecule has 6 heteroatoms. The Kier molecular flexibility index (Phi) is 7.03. The number of hydrogen-bond acceptors (Lipinski definition) is 4. The minimum absolute atomic E-state index is 0.0450. The van der Waals surface area contributed by atoms with Gasteiger partial charge in [0.05, 0.1) is 25.4 Å². The zero-order valence-corrected chi connectivity index (χ0v) is 14.4. The second kappa shape index (κ2) is 8.53. The maximum absolute atomic E-state index is 12.1. The lowest BCUT2D eigenvalue weighted by Gasteiger charge is -2.24. The highest BCUT2D eigenvalue weighted by atomic mass is 16.5. The van der Waals surface area contributed by atoms with Crippen molar-refractivity contribution in [3.63, 3.8) is 0 Å². The van der Waals surface area contributed by atoms with E-state index in [4.69, 9.17) is 9.47 Å². The molecule has 6 nitrogen and oxygen atoms in total. The highest BCUT2D eigenvalue weighted by molar-refractivity contribution is 5.83. The predicted octanol–water partition coefficient (Wildman–Crippen LogP) is 2.40. The largest absolute Gasteiger partial charge is 0.467 e. The lowest BCUT2D eigenvalue weighted by atomic mass is 10.1. The molecule has 0 fully saturated rings. The van der Waals surface area contributed by atoms with Crippen molar-refractivity contribution in [1.29, 1.82) is 0 Å². The topological polar surface area (TPSA) is 76.7 Å². The van der Waals surface area contributed by atoms with E-state index >= 15 is 0 Å². The molecule has 0 bridgehead atoms. The molecule has 2 N–H and O–H groups in total. The first-order valence-corrected chi connectivity index (χ1v) is 7.56. The highest BCUT2D eigenvalue weighted by Crippen LogP contribution is 2.11. The van der Waals surface area contributed by atoms with Crippen molar-refractivity contribution >= 4 is 12.0 Å². The van der Waals surface area contributed by atoms with Crippen LogP contribution in [0.25, 0.3) is 0 Å². The highest BCUT2D eigenvalue weighted by Gasteiger charge is 2.25. The summed E-state index contributed by atoms with van der Waals surface area (Å²) in [4.78, 5) is 23.9. The van der Waals surface area contributed by atoms with Gasteiger partial charge in [-0.2, -0.15) is 0 Å². The lowest BCUT2D eigenvalue weighted by Crippen LogP contribution is -2.50. The molecule has 0 aliphatic rings. The monoisotopic (exact) mass is 322 g/mol. The third-order valence-electron chi connectivity index (χ3n) is 3.12. The van der Waals surface area contributed by atoms with E-state index < -0.39 is 23.6 Å². The van der Waals surface area contributed by atoms with E-state index in [9.17, 15) is 9.59 Å². The quantitative estimate of drug-likeness (QED) is 0.789. The van der Waals surface area contributed by atoms with Crippen molar-refractivity contribution in [3.05, 3.63) is 35.9 Å². The van der Waals surface area contributed by atoms with Gasteiger partial charge in [-0.1, -0.05) is 30.3 Å². The maximum atomic E-state index is 12.1. The average Bonchev–Trinajstić information content (AvgIpc) is 2.50. The summed E-state index contributed by atoms with van der Waals surface area (Å²) in [5, 5.41) is 5.38. The van der Waals surface area contributed by atoms with Crippen LogP contribution in [-0.4, -0.2) is 37.4 Å². The molecule has 0 aliphatic heterocycles. The van der Waals surface area contributed by atoms with Gasteiger partial charge in [-0.25, -0.2) is 9.59 Å². The first-order chi connectivity index (χ1) is 10.7. The summed E-state index contributed by atoms with van der Waals surface area (Å²) >= 11 is 0. The third-order valence-corrected chi connectivity index (χ3v) is 3.12. The molecule has 0 unspecified atom stereocenters. The number of nitrogens with one attached hydrogen (secondary N) is 2. The van der Waals surface area contributed by atoms with E-state index in [1.807, 2.05) is 58.0 Å². The van der Waals surface area contributed by atoms with Gasteiger partial charge in [-0.15, -0.1) is 0 Å². The van der Waals surface area contributed by atoms with Crippen LogP contribution >= 0.6 is 0 Å². The van der Waals surface area contributed by atoms with Crippen molar-refractivity contribution in [2.45, 2.75) is 45.4 Å². The minimum Gasteiger partial charge on any atom is -0.467 e. The summed E-state index contributed by atoms with van der Waals surface area (Å²) in [6.45, 7) is 7.54. The van der Waals surface area contributed by atoms with Crippen LogP contribution in [0.4, 0.5) is 4.79 Å². The molecule has 0 aliphatic carbocycles. The molecule has 0 heterocycles. The molecule has 23 heavy (non-hydrogen) atoms. The second-order valence-electron chi connectivity index (χ2n) is 6.25. The number of ether oxygens (including phenoxy) is 2. The Labute approximate surface area is 137 Å². The molecular formula is C17H26N2O4. The van der Waals surface area contributed by atoms with Crippen LogP contribution in [0.3, 0.4) is 0 Å². The maximum Gasteiger partial charge on any atom is 0.330 e. The second-order valence-corrected chi connectivity index (χ2v) is 6.25. The van der Waals surface area contributed by atoms with Crippen molar-refractivity contribution in [3.8, 4) is 0 Å². The van der Waals surface area contributed by atoms with Crippen LogP contribution in [0, 0.1) is 0 Å². The van der Waals surface area contributed by atoms with Crippen molar-refractivity contribution in [2.24, 2.45) is 0 Å². The minimum atomic E-state index is -0.859. The smallest absolute Gasteiger partial charge is 0.330 e. The molecule has 0 radical (unpaired) electrons. The summed E-state index contributed by atoms with van der Waals surface area (Å²) in [5.74, 6) is -0.545. The first kappa shape index (κ1) is 19.0. The summed E-state index contributed by atoms with van der Waals surface area (Å²) in [5.41, 5.74) is 0.560. The van der Waals surface area contributed by atoms with E-state index in [0.717, 1.165) is 5.56 Å². The Morgan fingerprint density at radius 2 is 1.74 bits per heavy atom. The van der Waals surface area contributed by atoms with Gasteiger partial charge < -0.3 is 20.1 Å². The molecule has 0 saturated carbocycles. The van der Waals surface area contributed by atoms with Gasteiger partial charge in [-0.3, -0.25) is 0 Å². The average molecular weight is 322 g/mol. The normalized spacial score (nSPS) is 13.8. The Morgan fingerprint density at radius 1 is 1.13 bits per heavy atom. The van der Waals surface area contributed by atoms with Crippen LogP contribution in [0.5, 0.6) is 0 Å².